The fourth-order valence-electron chi connectivity index (χ4n) is 4.48. The minimum atomic E-state index is -0.159. The lowest BCUT2D eigenvalue weighted by atomic mass is 10.1. The van der Waals surface area contributed by atoms with Crippen molar-refractivity contribution in [3.05, 3.63) is 57.0 Å². The monoisotopic (exact) mass is 394 g/mol. The molecule has 1 aliphatic heterocycles. The summed E-state index contributed by atoms with van der Waals surface area (Å²) in [6, 6.07) is 8.19. The maximum absolute atomic E-state index is 12.8. The van der Waals surface area contributed by atoms with Crippen LogP contribution in [0.3, 0.4) is 0 Å². The number of aryl methyl sites for hydroxylation is 4. The molecule has 2 heterocycles. The molecular formula is C23H30N4O2. The number of hydrogen-bond acceptors (Lipinski definition) is 4. The Bertz CT molecular complexity index is 958. The summed E-state index contributed by atoms with van der Waals surface area (Å²) in [5, 5.41) is 4.54. The van der Waals surface area contributed by atoms with Crippen LogP contribution in [0.4, 0.5) is 5.69 Å². The van der Waals surface area contributed by atoms with Crippen molar-refractivity contribution in [2.75, 3.05) is 31.1 Å². The van der Waals surface area contributed by atoms with Crippen LogP contribution in [0.2, 0.25) is 0 Å². The molecule has 4 rings (SSSR count). The fourth-order valence-corrected chi connectivity index (χ4v) is 4.48. The van der Waals surface area contributed by atoms with E-state index in [1.54, 1.807) is 6.07 Å². The van der Waals surface area contributed by atoms with Crippen molar-refractivity contribution in [3.8, 4) is 0 Å². The molecule has 6 heteroatoms. The van der Waals surface area contributed by atoms with Crippen LogP contribution in [0, 0.1) is 13.8 Å². The number of carbonyl (C=O) groups excluding carboxylic acids is 1. The van der Waals surface area contributed by atoms with Crippen LogP contribution in [0.5, 0.6) is 0 Å². The van der Waals surface area contributed by atoms with E-state index in [-0.39, 0.29) is 18.0 Å². The average Bonchev–Trinajstić information content (AvgIpc) is 2.93. The predicted molar refractivity (Wildman–Crippen MR) is 114 cm³/mol. The SMILES string of the molecule is Cc1ccc(N2CCN(C(=O)Cn3nc4c(cc3=O)CCCCC4)CC2)c(C)c1. The van der Waals surface area contributed by atoms with Gasteiger partial charge in [-0.2, -0.15) is 5.10 Å². The van der Waals surface area contributed by atoms with Gasteiger partial charge in [-0.25, -0.2) is 4.68 Å². The Kier molecular flexibility index (Phi) is 5.69. The molecule has 1 fully saturated rings. The van der Waals surface area contributed by atoms with E-state index in [0.29, 0.717) is 13.1 Å². The number of benzene rings is 1. The summed E-state index contributed by atoms with van der Waals surface area (Å²) in [4.78, 5) is 29.5. The first kappa shape index (κ1) is 19.7. The molecule has 1 aromatic heterocycles. The molecule has 1 aliphatic carbocycles. The molecular weight excluding hydrogens is 364 g/mol. The van der Waals surface area contributed by atoms with Gasteiger partial charge in [-0.15, -0.1) is 0 Å². The van der Waals surface area contributed by atoms with Crippen LogP contribution in [0.25, 0.3) is 0 Å². The molecule has 0 spiro atoms. The summed E-state index contributed by atoms with van der Waals surface area (Å²) >= 11 is 0. The lowest BCUT2D eigenvalue weighted by Gasteiger charge is -2.37. The molecule has 2 aliphatic rings. The van der Waals surface area contributed by atoms with Gasteiger partial charge < -0.3 is 9.80 Å². The smallest absolute Gasteiger partial charge is 0.267 e. The van der Waals surface area contributed by atoms with Gasteiger partial charge in [-0.3, -0.25) is 9.59 Å². The molecule has 2 aromatic rings. The Morgan fingerprint density at radius 1 is 1.00 bits per heavy atom. The van der Waals surface area contributed by atoms with Crippen molar-refractivity contribution in [1.82, 2.24) is 14.7 Å². The quantitative estimate of drug-likeness (QED) is 0.751. The van der Waals surface area contributed by atoms with Crippen LogP contribution in [0.1, 0.15) is 41.6 Å². The number of aromatic nitrogens is 2. The second-order valence-electron chi connectivity index (χ2n) is 8.33. The highest BCUT2D eigenvalue weighted by Crippen LogP contribution is 2.22. The zero-order valence-corrected chi connectivity index (χ0v) is 17.5. The van der Waals surface area contributed by atoms with E-state index in [4.69, 9.17) is 0 Å². The molecule has 1 saturated heterocycles. The van der Waals surface area contributed by atoms with E-state index in [2.05, 4.69) is 42.0 Å². The second-order valence-corrected chi connectivity index (χ2v) is 8.33. The minimum absolute atomic E-state index is 0.0200. The number of rotatable bonds is 3. The Balaban J connectivity index is 1.40. The van der Waals surface area contributed by atoms with E-state index in [1.807, 2.05) is 4.90 Å². The maximum Gasteiger partial charge on any atom is 0.267 e. The van der Waals surface area contributed by atoms with Gasteiger partial charge in [0.05, 0.1) is 5.69 Å². The van der Waals surface area contributed by atoms with Crippen molar-refractivity contribution in [1.29, 1.82) is 0 Å². The lowest BCUT2D eigenvalue weighted by molar-refractivity contribution is -0.132. The first-order valence-electron chi connectivity index (χ1n) is 10.7. The summed E-state index contributed by atoms with van der Waals surface area (Å²) in [6.45, 7) is 7.24. The summed E-state index contributed by atoms with van der Waals surface area (Å²) in [7, 11) is 0. The zero-order chi connectivity index (χ0) is 20.4. The van der Waals surface area contributed by atoms with Crippen LogP contribution < -0.4 is 10.5 Å². The highest BCUT2D eigenvalue weighted by Gasteiger charge is 2.23. The molecule has 0 N–H and O–H groups in total. The summed E-state index contributed by atoms with van der Waals surface area (Å²) in [5.74, 6) is -0.0200. The molecule has 1 amide bonds. The molecule has 6 nitrogen and oxygen atoms in total. The molecule has 0 radical (unpaired) electrons. The van der Waals surface area contributed by atoms with Gasteiger partial charge in [0.25, 0.3) is 5.56 Å². The fraction of sp³-hybridized carbons (Fsp3) is 0.522. The molecule has 1 aromatic carbocycles. The highest BCUT2D eigenvalue weighted by molar-refractivity contribution is 5.76. The van der Waals surface area contributed by atoms with Crippen LogP contribution in [-0.4, -0.2) is 46.8 Å². The van der Waals surface area contributed by atoms with E-state index in [0.717, 1.165) is 50.0 Å². The maximum atomic E-state index is 12.8. The number of anilines is 1. The minimum Gasteiger partial charge on any atom is -0.368 e. The molecule has 0 unspecified atom stereocenters. The first-order valence-corrected chi connectivity index (χ1v) is 10.7. The van der Waals surface area contributed by atoms with Gasteiger partial charge in [0.2, 0.25) is 5.91 Å². The van der Waals surface area contributed by atoms with Crippen LogP contribution >= 0.6 is 0 Å². The van der Waals surface area contributed by atoms with Crippen molar-refractivity contribution < 1.29 is 4.79 Å². The molecule has 0 bridgehead atoms. The standard InChI is InChI=1S/C23H30N4O2/c1-17-8-9-21(18(2)14-17)25-10-12-26(13-11-25)23(29)16-27-22(28)15-19-6-4-3-5-7-20(19)24-27/h8-9,14-15H,3-7,10-13,16H2,1-2H3. The lowest BCUT2D eigenvalue weighted by Crippen LogP contribution is -2.50. The second kappa shape index (κ2) is 8.39. The van der Waals surface area contributed by atoms with Crippen molar-refractivity contribution in [2.24, 2.45) is 0 Å². The van der Waals surface area contributed by atoms with Gasteiger partial charge in [0.15, 0.2) is 0 Å². The van der Waals surface area contributed by atoms with E-state index in [9.17, 15) is 9.59 Å². The Morgan fingerprint density at radius 3 is 2.52 bits per heavy atom. The van der Waals surface area contributed by atoms with Gasteiger partial charge in [0, 0.05) is 37.9 Å². The van der Waals surface area contributed by atoms with Crippen molar-refractivity contribution >= 4 is 11.6 Å². The number of piperazine rings is 1. The Labute approximate surface area is 172 Å². The average molecular weight is 395 g/mol. The molecule has 29 heavy (non-hydrogen) atoms. The summed E-state index contributed by atoms with van der Waals surface area (Å²) < 4.78 is 1.36. The number of hydrogen-bond donors (Lipinski definition) is 0. The normalized spacial score (nSPS) is 17.0. The highest BCUT2D eigenvalue weighted by atomic mass is 16.2. The zero-order valence-electron chi connectivity index (χ0n) is 17.5. The Hall–Kier alpha value is -2.63. The topological polar surface area (TPSA) is 58.4 Å². The van der Waals surface area contributed by atoms with Gasteiger partial charge in [0.1, 0.15) is 6.54 Å². The van der Waals surface area contributed by atoms with Crippen molar-refractivity contribution in [3.63, 3.8) is 0 Å². The van der Waals surface area contributed by atoms with E-state index < -0.39 is 0 Å². The summed E-state index contributed by atoms with van der Waals surface area (Å²) in [6.07, 6.45) is 5.22. The number of fused-ring (bicyclic) bond motifs is 1. The molecule has 154 valence electrons. The van der Waals surface area contributed by atoms with Crippen molar-refractivity contribution in [2.45, 2.75) is 52.5 Å². The van der Waals surface area contributed by atoms with Crippen LogP contribution in [-0.2, 0) is 24.2 Å². The first-order chi connectivity index (χ1) is 14.0. The van der Waals surface area contributed by atoms with Gasteiger partial charge in [-0.05, 0) is 56.7 Å². The third-order valence-corrected chi connectivity index (χ3v) is 6.13. The van der Waals surface area contributed by atoms with Gasteiger partial charge in [-0.1, -0.05) is 24.1 Å². The third kappa shape index (κ3) is 4.36. The molecule has 0 atom stereocenters. The molecule has 0 saturated carbocycles. The van der Waals surface area contributed by atoms with Gasteiger partial charge >= 0.3 is 0 Å². The number of nitrogens with zero attached hydrogens (tertiary/aromatic N) is 4. The third-order valence-electron chi connectivity index (χ3n) is 6.13. The number of carbonyl (C=O) groups is 1. The predicted octanol–water partition coefficient (Wildman–Crippen LogP) is 2.48. The van der Waals surface area contributed by atoms with E-state index in [1.165, 1.54) is 27.9 Å². The summed E-state index contributed by atoms with van der Waals surface area (Å²) in [5.41, 5.74) is 5.68. The van der Waals surface area contributed by atoms with E-state index >= 15 is 0 Å². The Morgan fingerprint density at radius 2 is 1.76 bits per heavy atom. The largest absolute Gasteiger partial charge is 0.368 e. The van der Waals surface area contributed by atoms with Crippen LogP contribution in [0.15, 0.2) is 29.1 Å². The number of amides is 1.